The van der Waals surface area contributed by atoms with Crippen LogP contribution in [0.2, 0.25) is 0 Å². The van der Waals surface area contributed by atoms with Crippen molar-refractivity contribution in [2.75, 3.05) is 33.2 Å². The molecule has 0 bridgehead atoms. The summed E-state index contributed by atoms with van der Waals surface area (Å²) in [6.45, 7) is 4.84. The van der Waals surface area contributed by atoms with Crippen LogP contribution in [0.3, 0.4) is 0 Å². The maximum atomic E-state index is 4.38. The van der Waals surface area contributed by atoms with Crippen LogP contribution in [0.15, 0.2) is 0 Å². The van der Waals surface area contributed by atoms with Gasteiger partial charge in [0.15, 0.2) is 0 Å². The molecular formula is C7H13N2Y-. The average Bonchev–Trinajstić information content (AvgIpc) is 2.22. The van der Waals surface area contributed by atoms with Crippen molar-refractivity contribution < 1.29 is 32.7 Å². The molecular weight excluding hydrogens is 201 g/mol. The van der Waals surface area contributed by atoms with Crippen molar-refractivity contribution in [3.05, 3.63) is 5.32 Å². The van der Waals surface area contributed by atoms with Crippen molar-refractivity contribution in [2.45, 2.75) is 0 Å². The second-order valence-electron chi connectivity index (χ2n) is 3.33. The first-order valence-corrected chi connectivity index (χ1v) is 3.68. The first-order chi connectivity index (χ1) is 4.36. The second-order valence-corrected chi connectivity index (χ2v) is 3.33. The van der Waals surface area contributed by atoms with Crippen LogP contribution in [0.4, 0.5) is 0 Å². The molecule has 10 heavy (non-hydrogen) atoms. The van der Waals surface area contributed by atoms with E-state index in [-0.39, 0.29) is 32.7 Å². The van der Waals surface area contributed by atoms with Crippen molar-refractivity contribution in [3.63, 3.8) is 0 Å². The van der Waals surface area contributed by atoms with Gasteiger partial charge in [0.05, 0.1) is 0 Å². The summed E-state index contributed by atoms with van der Waals surface area (Å²) >= 11 is 0. The third kappa shape index (κ3) is 1.61. The van der Waals surface area contributed by atoms with Crippen LogP contribution in [0.25, 0.3) is 5.32 Å². The van der Waals surface area contributed by atoms with Crippen LogP contribution in [0.5, 0.6) is 0 Å². The van der Waals surface area contributed by atoms with Crippen molar-refractivity contribution in [1.29, 1.82) is 0 Å². The van der Waals surface area contributed by atoms with E-state index < -0.39 is 0 Å². The largest absolute Gasteiger partial charge is 0.662 e. The van der Waals surface area contributed by atoms with E-state index in [2.05, 4.69) is 17.3 Å². The Morgan fingerprint density at radius 1 is 1.20 bits per heavy atom. The van der Waals surface area contributed by atoms with Gasteiger partial charge in [-0.2, -0.15) is 0 Å². The fourth-order valence-electron chi connectivity index (χ4n) is 1.99. The van der Waals surface area contributed by atoms with E-state index >= 15 is 0 Å². The van der Waals surface area contributed by atoms with E-state index in [4.69, 9.17) is 0 Å². The van der Waals surface area contributed by atoms with Gasteiger partial charge in [0.2, 0.25) is 0 Å². The molecule has 0 aliphatic carbocycles. The Hall–Kier alpha value is 1.02. The fourth-order valence-corrected chi connectivity index (χ4v) is 1.99. The monoisotopic (exact) mass is 214 g/mol. The van der Waals surface area contributed by atoms with Crippen LogP contribution in [0.1, 0.15) is 0 Å². The first kappa shape index (κ1) is 9.11. The van der Waals surface area contributed by atoms with Gasteiger partial charge in [-0.15, -0.1) is 13.1 Å². The average molecular weight is 214 g/mol. The maximum absolute atomic E-state index is 4.38. The zero-order chi connectivity index (χ0) is 6.27. The van der Waals surface area contributed by atoms with Crippen LogP contribution in [-0.2, 0) is 32.7 Å². The van der Waals surface area contributed by atoms with Gasteiger partial charge in [-0.3, -0.25) is 0 Å². The summed E-state index contributed by atoms with van der Waals surface area (Å²) in [6.07, 6.45) is 0. The molecule has 0 unspecified atom stereocenters. The Morgan fingerprint density at radius 2 is 1.70 bits per heavy atom. The third-order valence-corrected chi connectivity index (χ3v) is 2.49. The molecule has 2 aliphatic heterocycles. The van der Waals surface area contributed by atoms with Crippen LogP contribution in [-0.4, -0.2) is 38.1 Å². The third-order valence-electron chi connectivity index (χ3n) is 2.49. The van der Waals surface area contributed by atoms with Crippen molar-refractivity contribution in [1.82, 2.24) is 4.90 Å². The van der Waals surface area contributed by atoms with Crippen molar-refractivity contribution in [3.8, 4) is 0 Å². The zero-order valence-electron chi connectivity index (χ0n) is 6.45. The zero-order valence-corrected chi connectivity index (χ0v) is 9.29. The summed E-state index contributed by atoms with van der Waals surface area (Å²) in [4.78, 5) is 2.42. The number of hydrogen-bond acceptors (Lipinski definition) is 1. The maximum Gasteiger partial charge on any atom is 0 e. The van der Waals surface area contributed by atoms with Gasteiger partial charge in [-0.25, -0.2) is 0 Å². The van der Waals surface area contributed by atoms with E-state index in [0.29, 0.717) is 0 Å². The summed E-state index contributed by atoms with van der Waals surface area (Å²) in [7, 11) is 2.21. The van der Waals surface area contributed by atoms with Gasteiger partial charge in [0.1, 0.15) is 0 Å². The number of fused-ring (bicyclic) bond motifs is 1. The topological polar surface area (TPSA) is 17.3 Å². The quantitative estimate of drug-likeness (QED) is 0.575. The number of rotatable bonds is 0. The van der Waals surface area contributed by atoms with Crippen LogP contribution >= 0.6 is 0 Å². The molecule has 2 rings (SSSR count). The Bertz CT molecular complexity index is 106. The minimum atomic E-state index is 0. The summed E-state index contributed by atoms with van der Waals surface area (Å²) in [6, 6.07) is 0. The summed E-state index contributed by atoms with van der Waals surface area (Å²) < 4.78 is 0. The van der Waals surface area contributed by atoms with Crippen LogP contribution in [0, 0.1) is 11.8 Å². The second kappa shape index (κ2) is 3.62. The molecule has 0 saturated carbocycles. The Balaban J connectivity index is 0.000000500. The molecule has 2 saturated heterocycles. The minimum absolute atomic E-state index is 0. The number of nitrogens with zero attached hydrogens (tertiary/aromatic N) is 2. The predicted octanol–water partition coefficient (Wildman–Crippen LogP) is 0.549. The number of likely N-dealkylation sites (tertiary alicyclic amines) is 1. The Morgan fingerprint density at radius 3 is 2.20 bits per heavy atom. The van der Waals surface area contributed by atoms with Gasteiger partial charge in [-0.05, 0) is 32.0 Å². The van der Waals surface area contributed by atoms with Gasteiger partial charge in [-0.1, -0.05) is 0 Å². The molecule has 2 atom stereocenters. The Kier molecular flexibility index (Phi) is 3.30. The molecule has 0 aromatic heterocycles. The molecule has 0 aromatic carbocycles. The predicted molar refractivity (Wildman–Crippen MR) is 37.6 cm³/mol. The number of hydrogen-bond donors (Lipinski definition) is 0. The molecule has 2 aliphatic rings. The summed E-state index contributed by atoms with van der Waals surface area (Å²) in [5.41, 5.74) is 0. The smallest absolute Gasteiger partial charge is 0 e. The normalized spacial score (nSPS) is 39.3. The minimum Gasteiger partial charge on any atom is -0.662 e. The van der Waals surface area contributed by atoms with E-state index in [1.165, 1.54) is 13.1 Å². The van der Waals surface area contributed by atoms with E-state index in [1.807, 2.05) is 0 Å². The van der Waals surface area contributed by atoms with Crippen molar-refractivity contribution >= 4 is 0 Å². The molecule has 0 amide bonds. The molecule has 2 nitrogen and oxygen atoms in total. The molecule has 2 heterocycles. The van der Waals surface area contributed by atoms with Crippen LogP contribution < -0.4 is 0 Å². The molecule has 0 aromatic rings. The van der Waals surface area contributed by atoms with E-state index in [1.54, 1.807) is 0 Å². The SMILES string of the molecule is CN1C[C@H]2C[N-]C[C@H]2C1.[Y]. The molecule has 0 spiro atoms. The van der Waals surface area contributed by atoms with E-state index in [9.17, 15) is 0 Å². The van der Waals surface area contributed by atoms with E-state index in [0.717, 1.165) is 24.9 Å². The molecule has 3 heteroatoms. The Labute approximate surface area is 87.6 Å². The molecule has 1 radical (unpaired) electrons. The summed E-state index contributed by atoms with van der Waals surface area (Å²) in [5.74, 6) is 1.82. The molecule has 0 N–H and O–H groups in total. The van der Waals surface area contributed by atoms with Gasteiger partial charge in [0.25, 0.3) is 0 Å². The van der Waals surface area contributed by atoms with Gasteiger partial charge < -0.3 is 10.2 Å². The van der Waals surface area contributed by atoms with Crippen molar-refractivity contribution in [2.24, 2.45) is 11.8 Å². The molecule has 2 fully saturated rings. The first-order valence-electron chi connectivity index (χ1n) is 3.68. The summed E-state index contributed by atoms with van der Waals surface area (Å²) in [5, 5.41) is 4.38. The fraction of sp³-hybridized carbons (Fsp3) is 1.00. The standard InChI is InChI=1S/C7H13N2.Y/c1-9-4-6-2-8-3-7(6)5-9;/h6-7H,2-5H2,1H3;/q-1;/t6-,7+;. The van der Waals surface area contributed by atoms with Gasteiger partial charge >= 0.3 is 0 Å². The molecule has 55 valence electrons. The van der Waals surface area contributed by atoms with Gasteiger partial charge in [0, 0.05) is 32.7 Å².